The number of carbonyl (C=O) groups excluding carboxylic acids is 1. The predicted molar refractivity (Wildman–Crippen MR) is 84.6 cm³/mol. The molecular weight excluding hydrogens is 306 g/mol. The summed E-state index contributed by atoms with van der Waals surface area (Å²) in [4.78, 5) is 15.9. The number of esters is 1. The molecule has 0 aliphatic heterocycles. The first-order chi connectivity index (χ1) is 10.5. The molecule has 0 aromatic carbocycles. The molecule has 1 aromatic rings. The number of aromatic nitrogens is 1. The third kappa shape index (κ3) is 4.93. The van der Waals surface area contributed by atoms with Crippen LogP contribution in [-0.4, -0.2) is 31.8 Å². The molecule has 1 unspecified atom stereocenters. The van der Waals surface area contributed by atoms with Gasteiger partial charge in [-0.3, -0.25) is 9.78 Å². The van der Waals surface area contributed by atoms with E-state index in [1.807, 2.05) is 6.92 Å². The second-order valence-corrected chi connectivity index (χ2v) is 5.50. The normalized spacial score (nSPS) is 13.0. The lowest BCUT2D eigenvalue weighted by atomic mass is 9.98. The first-order valence-electron chi connectivity index (χ1n) is 7.38. The molecule has 0 amide bonds. The van der Waals surface area contributed by atoms with Gasteiger partial charge in [0.15, 0.2) is 0 Å². The number of hydrogen-bond acceptors (Lipinski definition) is 5. The van der Waals surface area contributed by atoms with E-state index in [-0.39, 0.29) is 11.9 Å². The highest BCUT2D eigenvalue weighted by Crippen LogP contribution is 2.32. The van der Waals surface area contributed by atoms with E-state index < -0.39 is 5.79 Å². The van der Waals surface area contributed by atoms with Gasteiger partial charge in [-0.15, -0.1) is 0 Å². The summed E-state index contributed by atoms with van der Waals surface area (Å²) in [6, 6.07) is 3.42. The third-order valence-corrected chi connectivity index (χ3v) is 3.84. The Morgan fingerprint density at radius 1 is 1.41 bits per heavy atom. The molecule has 1 aromatic heterocycles. The van der Waals surface area contributed by atoms with Crippen LogP contribution in [0.15, 0.2) is 18.3 Å². The maximum absolute atomic E-state index is 11.6. The topological polar surface area (TPSA) is 57.7 Å². The standard InChI is InChI=1S/C16H24ClNO4/c1-5-22-15(19)12(2)7-6-9-16(20-3,21-4)14-11-13(17)8-10-18-14/h8,10-12H,5-7,9H2,1-4H3. The Balaban J connectivity index is 2.70. The van der Waals surface area contributed by atoms with Gasteiger partial charge in [0.2, 0.25) is 5.79 Å². The Bertz CT molecular complexity index is 477. The fraction of sp³-hybridized carbons (Fsp3) is 0.625. The Morgan fingerprint density at radius 3 is 2.64 bits per heavy atom. The van der Waals surface area contributed by atoms with Crippen LogP contribution in [0, 0.1) is 5.92 Å². The maximum atomic E-state index is 11.6. The molecule has 0 bridgehead atoms. The lowest BCUT2D eigenvalue weighted by Gasteiger charge is -2.30. The molecule has 1 rings (SSSR count). The van der Waals surface area contributed by atoms with E-state index in [0.717, 1.165) is 6.42 Å². The third-order valence-electron chi connectivity index (χ3n) is 3.60. The monoisotopic (exact) mass is 329 g/mol. The van der Waals surface area contributed by atoms with Gasteiger partial charge in [0, 0.05) is 31.9 Å². The van der Waals surface area contributed by atoms with Crippen LogP contribution < -0.4 is 0 Å². The van der Waals surface area contributed by atoms with E-state index in [1.54, 1.807) is 39.5 Å². The van der Waals surface area contributed by atoms with E-state index in [1.165, 1.54) is 0 Å². The van der Waals surface area contributed by atoms with Crippen molar-refractivity contribution >= 4 is 17.6 Å². The molecule has 6 heteroatoms. The van der Waals surface area contributed by atoms with Crippen molar-refractivity contribution in [1.29, 1.82) is 0 Å². The minimum absolute atomic E-state index is 0.154. The van der Waals surface area contributed by atoms with Crippen molar-refractivity contribution < 1.29 is 19.0 Å². The summed E-state index contributed by atoms with van der Waals surface area (Å²) in [5.41, 5.74) is 0.619. The van der Waals surface area contributed by atoms with Crippen LogP contribution in [0.4, 0.5) is 0 Å². The molecule has 0 aliphatic carbocycles. The number of ether oxygens (including phenoxy) is 3. The van der Waals surface area contributed by atoms with Crippen LogP contribution in [0.2, 0.25) is 5.02 Å². The molecule has 0 N–H and O–H groups in total. The van der Waals surface area contributed by atoms with Crippen LogP contribution in [0.1, 0.15) is 38.8 Å². The first-order valence-corrected chi connectivity index (χ1v) is 7.75. The summed E-state index contributed by atoms with van der Waals surface area (Å²) >= 11 is 6.01. The molecule has 1 atom stereocenters. The molecule has 5 nitrogen and oxygen atoms in total. The van der Waals surface area contributed by atoms with E-state index >= 15 is 0 Å². The molecule has 0 radical (unpaired) electrons. The molecule has 0 fully saturated rings. The Morgan fingerprint density at radius 2 is 2.09 bits per heavy atom. The SMILES string of the molecule is CCOC(=O)C(C)CCCC(OC)(OC)c1cc(Cl)ccn1. The number of methoxy groups -OCH3 is 2. The summed E-state index contributed by atoms with van der Waals surface area (Å²) in [7, 11) is 3.14. The number of carbonyl (C=O) groups is 1. The molecule has 124 valence electrons. The number of pyridine rings is 1. The van der Waals surface area contributed by atoms with E-state index in [0.29, 0.717) is 30.2 Å². The summed E-state index contributed by atoms with van der Waals surface area (Å²) < 4.78 is 16.1. The lowest BCUT2D eigenvalue weighted by Crippen LogP contribution is -2.32. The van der Waals surface area contributed by atoms with Gasteiger partial charge in [0.05, 0.1) is 12.5 Å². The highest BCUT2D eigenvalue weighted by molar-refractivity contribution is 6.30. The molecule has 22 heavy (non-hydrogen) atoms. The van der Waals surface area contributed by atoms with Crippen molar-refractivity contribution in [3.8, 4) is 0 Å². The van der Waals surface area contributed by atoms with Crippen LogP contribution in [0.5, 0.6) is 0 Å². The first kappa shape index (κ1) is 18.9. The quantitative estimate of drug-likeness (QED) is 0.512. The van der Waals surface area contributed by atoms with Crippen LogP contribution in [-0.2, 0) is 24.8 Å². The summed E-state index contributed by atoms with van der Waals surface area (Å²) in [5.74, 6) is -1.29. The van der Waals surface area contributed by atoms with Crippen molar-refractivity contribution in [3.63, 3.8) is 0 Å². The van der Waals surface area contributed by atoms with Gasteiger partial charge in [-0.05, 0) is 31.9 Å². The highest BCUT2D eigenvalue weighted by atomic mass is 35.5. The van der Waals surface area contributed by atoms with Gasteiger partial charge >= 0.3 is 5.97 Å². The highest BCUT2D eigenvalue weighted by Gasteiger charge is 2.33. The maximum Gasteiger partial charge on any atom is 0.308 e. The number of hydrogen-bond donors (Lipinski definition) is 0. The van der Waals surface area contributed by atoms with Gasteiger partial charge in [-0.2, -0.15) is 0 Å². The Hall–Kier alpha value is -1.17. The number of halogens is 1. The Labute approximate surface area is 136 Å². The average Bonchev–Trinajstić information content (AvgIpc) is 2.52. The van der Waals surface area contributed by atoms with Crippen LogP contribution in [0.25, 0.3) is 0 Å². The van der Waals surface area contributed by atoms with E-state index in [4.69, 9.17) is 25.8 Å². The van der Waals surface area contributed by atoms with Crippen molar-refractivity contribution in [2.24, 2.45) is 5.92 Å². The molecule has 0 aliphatic rings. The number of nitrogens with zero attached hydrogens (tertiary/aromatic N) is 1. The minimum atomic E-state index is -0.959. The molecular formula is C16H24ClNO4. The van der Waals surface area contributed by atoms with Crippen LogP contribution in [0.3, 0.4) is 0 Å². The van der Waals surface area contributed by atoms with Crippen molar-refractivity contribution in [3.05, 3.63) is 29.0 Å². The van der Waals surface area contributed by atoms with Gasteiger partial charge in [-0.25, -0.2) is 0 Å². The largest absolute Gasteiger partial charge is 0.466 e. The molecule has 0 saturated carbocycles. The van der Waals surface area contributed by atoms with Gasteiger partial charge < -0.3 is 14.2 Å². The fourth-order valence-corrected chi connectivity index (χ4v) is 2.44. The smallest absolute Gasteiger partial charge is 0.308 e. The molecule has 0 spiro atoms. The van der Waals surface area contributed by atoms with Gasteiger partial charge in [0.25, 0.3) is 0 Å². The summed E-state index contributed by atoms with van der Waals surface area (Å²) in [5, 5.41) is 0.573. The van der Waals surface area contributed by atoms with E-state index in [2.05, 4.69) is 4.98 Å². The van der Waals surface area contributed by atoms with E-state index in [9.17, 15) is 4.79 Å². The molecule has 1 heterocycles. The summed E-state index contributed by atoms with van der Waals surface area (Å²) in [6.07, 6.45) is 3.60. The van der Waals surface area contributed by atoms with Crippen molar-refractivity contribution in [1.82, 2.24) is 4.98 Å². The number of rotatable bonds is 9. The molecule has 0 saturated heterocycles. The fourth-order valence-electron chi connectivity index (χ4n) is 2.28. The zero-order valence-corrected chi connectivity index (χ0v) is 14.4. The minimum Gasteiger partial charge on any atom is -0.466 e. The van der Waals surface area contributed by atoms with Crippen LogP contribution >= 0.6 is 11.6 Å². The van der Waals surface area contributed by atoms with Crippen molar-refractivity contribution in [2.75, 3.05) is 20.8 Å². The zero-order valence-electron chi connectivity index (χ0n) is 13.6. The average molecular weight is 330 g/mol. The van der Waals surface area contributed by atoms with Crippen molar-refractivity contribution in [2.45, 2.75) is 38.9 Å². The second-order valence-electron chi connectivity index (χ2n) is 5.07. The van der Waals surface area contributed by atoms with Gasteiger partial charge in [0.1, 0.15) is 5.69 Å². The predicted octanol–water partition coefficient (Wildman–Crippen LogP) is 3.55. The van der Waals surface area contributed by atoms with Gasteiger partial charge in [-0.1, -0.05) is 18.5 Å². The summed E-state index contributed by atoms with van der Waals surface area (Å²) in [6.45, 7) is 4.06. The second kappa shape index (κ2) is 9.08. The Kier molecular flexibility index (Phi) is 7.79. The lowest BCUT2D eigenvalue weighted by molar-refractivity contribution is -0.223. The zero-order chi connectivity index (χ0) is 16.6.